The molecule has 18 heavy (non-hydrogen) atoms. The molecule has 0 aliphatic rings. The first-order chi connectivity index (χ1) is 8.70. The van der Waals surface area contributed by atoms with Gasteiger partial charge in [0.25, 0.3) is 0 Å². The number of ether oxygens (including phenoxy) is 1. The standard InChI is InChI=1S/C12H16N4O2/c1-16-6-5-13-11(16)4-3-10(17)9-7-12(18-2)15-8-14-9/h5-8,10,17H,3-4H2,1-2H3. The van der Waals surface area contributed by atoms with Gasteiger partial charge in [-0.15, -0.1) is 0 Å². The van der Waals surface area contributed by atoms with Crippen molar-refractivity contribution in [3.05, 3.63) is 36.3 Å². The molecule has 1 N–H and O–H groups in total. The molecule has 2 heterocycles. The quantitative estimate of drug-likeness (QED) is 0.850. The Labute approximate surface area is 105 Å². The number of hydrogen-bond donors (Lipinski definition) is 1. The van der Waals surface area contributed by atoms with Crippen LogP contribution in [-0.4, -0.2) is 31.7 Å². The minimum absolute atomic E-state index is 0.455. The Morgan fingerprint density at radius 2 is 2.22 bits per heavy atom. The molecule has 1 unspecified atom stereocenters. The summed E-state index contributed by atoms with van der Waals surface area (Å²) in [6.45, 7) is 0. The monoisotopic (exact) mass is 248 g/mol. The lowest BCUT2D eigenvalue weighted by atomic mass is 10.1. The number of rotatable bonds is 5. The molecule has 0 spiro atoms. The molecular formula is C12H16N4O2. The number of methoxy groups -OCH3 is 1. The highest BCUT2D eigenvalue weighted by Crippen LogP contribution is 2.18. The van der Waals surface area contributed by atoms with Crippen LogP contribution in [0.1, 0.15) is 24.0 Å². The Morgan fingerprint density at radius 1 is 1.39 bits per heavy atom. The number of imidazole rings is 1. The van der Waals surface area contributed by atoms with Gasteiger partial charge in [0.1, 0.15) is 12.2 Å². The molecule has 0 saturated carbocycles. The van der Waals surface area contributed by atoms with Crippen molar-refractivity contribution in [3.63, 3.8) is 0 Å². The van der Waals surface area contributed by atoms with Crippen LogP contribution in [0.2, 0.25) is 0 Å². The summed E-state index contributed by atoms with van der Waals surface area (Å²) in [4.78, 5) is 12.2. The van der Waals surface area contributed by atoms with Crippen molar-refractivity contribution < 1.29 is 9.84 Å². The second kappa shape index (κ2) is 5.59. The first kappa shape index (κ1) is 12.5. The molecule has 2 aromatic rings. The van der Waals surface area contributed by atoms with E-state index in [1.165, 1.54) is 13.4 Å². The number of aromatic nitrogens is 4. The van der Waals surface area contributed by atoms with Gasteiger partial charge in [0.2, 0.25) is 5.88 Å². The van der Waals surface area contributed by atoms with Crippen molar-refractivity contribution >= 4 is 0 Å². The molecule has 6 nitrogen and oxygen atoms in total. The lowest BCUT2D eigenvalue weighted by Gasteiger charge is -2.10. The average Bonchev–Trinajstić information content (AvgIpc) is 2.81. The van der Waals surface area contributed by atoms with Crippen molar-refractivity contribution in [1.29, 1.82) is 0 Å². The molecular weight excluding hydrogens is 232 g/mol. The summed E-state index contributed by atoms with van der Waals surface area (Å²) in [6, 6.07) is 1.64. The molecule has 2 rings (SSSR count). The van der Waals surface area contributed by atoms with Crippen molar-refractivity contribution in [2.45, 2.75) is 18.9 Å². The first-order valence-corrected chi connectivity index (χ1v) is 5.71. The van der Waals surface area contributed by atoms with E-state index < -0.39 is 6.10 Å². The number of nitrogens with zero attached hydrogens (tertiary/aromatic N) is 4. The van der Waals surface area contributed by atoms with Gasteiger partial charge in [-0.2, -0.15) is 0 Å². The van der Waals surface area contributed by atoms with Crippen LogP contribution in [0.25, 0.3) is 0 Å². The maximum atomic E-state index is 10.0. The van der Waals surface area contributed by atoms with E-state index in [9.17, 15) is 5.11 Å². The second-order valence-corrected chi connectivity index (χ2v) is 3.99. The van der Waals surface area contributed by atoms with E-state index >= 15 is 0 Å². The molecule has 0 aromatic carbocycles. The van der Waals surface area contributed by atoms with Crippen LogP contribution in [-0.2, 0) is 13.5 Å². The fraction of sp³-hybridized carbons (Fsp3) is 0.417. The summed E-state index contributed by atoms with van der Waals surface area (Å²) < 4.78 is 6.93. The highest BCUT2D eigenvalue weighted by molar-refractivity contribution is 5.15. The summed E-state index contributed by atoms with van der Waals surface area (Å²) in [5, 5.41) is 10.0. The first-order valence-electron chi connectivity index (χ1n) is 5.71. The van der Waals surface area contributed by atoms with Gasteiger partial charge in [-0.05, 0) is 6.42 Å². The molecule has 0 radical (unpaired) electrons. The van der Waals surface area contributed by atoms with Crippen molar-refractivity contribution in [3.8, 4) is 5.88 Å². The van der Waals surface area contributed by atoms with E-state index in [0.717, 1.165) is 5.82 Å². The third kappa shape index (κ3) is 2.84. The van der Waals surface area contributed by atoms with E-state index in [2.05, 4.69) is 15.0 Å². The third-order valence-corrected chi connectivity index (χ3v) is 2.78. The maximum Gasteiger partial charge on any atom is 0.216 e. The Hall–Kier alpha value is -1.95. The highest BCUT2D eigenvalue weighted by Gasteiger charge is 2.12. The molecule has 0 aliphatic heterocycles. The van der Waals surface area contributed by atoms with Crippen molar-refractivity contribution in [2.24, 2.45) is 7.05 Å². The Balaban J connectivity index is 1.99. The number of aliphatic hydroxyl groups is 1. The Morgan fingerprint density at radius 3 is 2.89 bits per heavy atom. The number of hydrogen-bond acceptors (Lipinski definition) is 5. The van der Waals surface area contributed by atoms with Crippen LogP contribution in [0.15, 0.2) is 24.8 Å². The second-order valence-electron chi connectivity index (χ2n) is 3.99. The van der Waals surface area contributed by atoms with Gasteiger partial charge >= 0.3 is 0 Å². The van der Waals surface area contributed by atoms with Gasteiger partial charge in [0, 0.05) is 31.9 Å². The molecule has 96 valence electrons. The number of aliphatic hydroxyl groups excluding tert-OH is 1. The molecule has 6 heteroatoms. The minimum Gasteiger partial charge on any atom is -0.481 e. The normalized spacial score (nSPS) is 12.4. The van der Waals surface area contributed by atoms with Gasteiger partial charge in [0.05, 0.1) is 18.9 Å². The topological polar surface area (TPSA) is 73.1 Å². The Bertz CT molecular complexity index is 512. The number of aryl methyl sites for hydroxylation is 2. The zero-order valence-corrected chi connectivity index (χ0v) is 10.4. The fourth-order valence-corrected chi connectivity index (χ4v) is 1.70. The van der Waals surface area contributed by atoms with Crippen molar-refractivity contribution in [1.82, 2.24) is 19.5 Å². The summed E-state index contributed by atoms with van der Waals surface area (Å²) in [7, 11) is 3.47. The maximum absolute atomic E-state index is 10.0. The predicted octanol–water partition coefficient (Wildman–Crippen LogP) is 0.885. The Kier molecular flexibility index (Phi) is 3.88. The van der Waals surface area contributed by atoms with Gasteiger partial charge in [-0.1, -0.05) is 0 Å². The summed E-state index contributed by atoms with van der Waals surface area (Å²) in [5.74, 6) is 1.39. The smallest absolute Gasteiger partial charge is 0.216 e. The molecule has 0 aliphatic carbocycles. The van der Waals surface area contributed by atoms with Crippen LogP contribution in [0.3, 0.4) is 0 Å². The van der Waals surface area contributed by atoms with Crippen LogP contribution >= 0.6 is 0 Å². The lowest BCUT2D eigenvalue weighted by Crippen LogP contribution is -2.06. The zero-order valence-electron chi connectivity index (χ0n) is 10.4. The fourth-order valence-electron chi connectivity index (χ4n) is 1.70. The summed E-state index contributed by atoms with van der Waals surface area (Å²) in [6.07, 6.45) is 5.63. The van der Waals surface area contributed by atoms with E-state index in [1.54, 1.807) is 12.3 Å². The van der Waals surface area contributed by atoms with Gasteiger partial charge in [0.15, 0.2) is 0 Å². The van der Waals surface area contributed by atoms with E-state index in [1.807, 2.05) is 17.8 Å². The average molecular weight is 248 g/mol. The van der Waals surface area contributed by atoms with Crippen LogP contribution in [0, 0.1) is 0 Å². The van der Waals surface area contributed by atoms with Crippen LogP contribution < -0.4 is 4.74 Å². The zero-order chi connectivity index (χ0) is 13.0. The highest BCUT2D eigenvalue weighted by atomic mass is 16.5. The summed E-state index contributed by atoms with van der Waals surface area (Å²) >= 11 is 0. The molecule has 0 bridgehead atoms. The van der Waals surface area contributed by atoms with Gasteiger partial charge < -0.3 is 14.4 Å². The SMILES string of the molecule is COc1cc(C(O)CCc2nccn2C)ncn1. The summed E-state index contributed by atoms with van der Waals surface area (Å²) in [5.41, 5.74) is 0.566. The third-order valence-electron chi connectivity index (χ3n) is 2.78. The van der Waals surface area contributed by atoms with Crippen molar-refractivity contribution in [2.75, 3.05) is 7.11 Å². The van der Waals surface area contributed by atoms with Crippen LogP contribution in [0.5, 0.6) is 5.88 Å². The van der Waals surface area contributed by atoms with E-state index in [0.29, 0.717) is 24.4 Å². The van der Waals surface area contributed by atoms with Gasteiger partial charge in [-0.25, -0.2) is 15.0 Å². The molecule has 0 saturated heterocycles. The minimum atomic E-state index is -0.640. The van der Waals surface area contributed by atoms with E-state index in [-0.39, 0.29) is 0 Å². The van der Waals surface area contributed by atoms with E-state index in [4.69, 9.17) is 4.74 Å². The predicted molar refractivity (Wildman–Crippen MR) is 65.1 cm³/mol. The lowest BCUT2D eigenvalue weighted by molar-refractivity contribution is 0.161. The molecule has 2 aromatic heterocycles. The van der Waals surface area contributed by atoms with Gasteiger partial charge in [-0.3, -0.25) is 0 Å². The largest absolute Gasteiger partial charge is 0.481 e. The molecule has 0 fully saturated rings. The van der Waals surface area contributed by atoms with Crippen LogP contribution in [0.4, 0.5) is 0 Å². The molecule has 1 atom stereocenters. The molecule has 0 amide bonds.